The van der Waals surface area contributed by atoms with Gasteiger partial charge in [0.15, 0.2) is 0 Å². The molecule has 6 heteroatoms. The second-order valence-corrected chi connectivity index (χ2v) is 5.91. The lowest BCUT2D eigenvalue weighted by Crippen LogP contribution is -1.98. The number of pyridine rings is 1. The highest BCUT2D eigenvalue weighted by molar-refractivity contribution is 7.84. The van der Waals surface area contributed by atoms with Gasteiger partial charge in [-0.1, -0.05) is 23.2 Å². The van der Waals surface area contributed by atoms with E-state index >= 15 is 0 Å². The van der Waals surface area contributed by atoms with Gasteiger partial charge in [0, 0.05) is 17.3 Å². The number of aromatic nitrogens is 1. The molecule has 2 rings (SSSR count). The summed E-state index contributed by atoms with van der Waals surface area (Å²) in [4.78, 5) is 4.51. The average Bonchev–Trinajstić information content (AvgIpc) is 2.35. The first-order valence-corrected chi connectivity index (χ1v) is 7.17. The van der Waals surface area contributed by atoms with Gasteiger partial charge in [0.05, 0.1) is 32.3 Å². The molecule has 18 heavy (non-hydrogen) atoms. The van der Waals surface area contributed by atoms with Gasteiger partial charge in [-0.15, -0.1) is 0 Å². The normalized spacial score (nSPS) is 12.3. The maximum absolute atomic E-state index is 12.2. The third kappa shape index (κ3) is 3.02. The molecule has 94 valence electrons. The lowest BCUT2D eigenvalue weighted by molar-refractivity contribution is 0.682. The number of benzene rings is 1. The Morgan fingerprint density at radius 2 is 2.00 bits per heavy atom. The van der Waals surface area contributed by atoms with Crippen molar-refractivity contribution in [2.45, 2.75) is 10.6 Å². The Morgan fingerprint density at radius 3 is 2.67 bits per heavy atom. The van der Waals surface area contributed by atoms with E-state index in [9.17, 15) is 4.21 Å². The summed E-state index contributed by atoms with van der Waals surface area (Å²) in [6.45, 7) is 0. The Morgan fingerprint density at radius 1 is 1.22 bits per heavy atom. The molecule has 0 spiro atoms. The highest BCUT2D eigenvalue weighted by Gasteiger charge is 2.09. The van der Waals surface area contributed by atoms with Crippen LogP contribution in [0.1, 0.15) is 5.56 Å². The molecule has 0 aliphatic rings. The minimum atomic E-state index is -1.22. The molecule has 1 unspecified atom stereocenters. The molecular weight excluding hydrogens is 291 g/mol. The topological polar surface area (TPSA) is 56.0 Å². The van der Waals surface area contributed by atoms with Crippen molar-refractivity contribution in [1.82, 2.24) is 4.98 Å². The number of nitrogens with two attached hydrogens (primary N) is 1. The molecule has 1 atom stereocenters. The Hall–Kier alpha value is -1.10. The number of nitrogens with zero attached hydrogens (tertiary/aromatic N) is 1. The van der Waals surface area contributed by atoms with E-state index in [1.807, 2.05) is 0 Å². The summed E-state index contributed by atoms with van der Waals surface area (Å²) in [7, 11) is -1.22. The van der Waals surface area contributed by atoms with Gasteiger partial charge in [-0.3, -0.25) is 9.19 Å². The quantitative estimate of drug-likeness (QED) is 0.885. The van der Waals surface area contributed by atoms with Crippen molar-refractivity contribution in [3.8, 4) is 0 Å². The SMILES string of the molecule is Nc1ccc(S(=O)Cc2ccncc2Cl)cc1Cl. The molecule has 1 aromatic carbocycles. The van der Waals surface area contributed by atoms with Gasteiger partial charge < -0.3 is 5.73 Å². The maximum atomic E-state index is 12.2. The molecule has 0 bridgehead atoms. The standard InChI is InChI=1S/C12H10Cl2N2OS/c13-10-5-9(1-2-12(10)15)18(17)7-8-3-4-16-6-11(8)14/h1-6H,7,15H2. The van der Waals surface area contributed by atoms with E-state index in [0.29, 0.717) is 26.4 Å². The predicted octanol–water partition coefficient (Wildman–Crippen LogP) is 3.28. The van der Waals surface area contributed by atoms with Crippen molar-refractivity contribution in [2.75, 3.05) is 5.73 Å². The van der Waals surface area contributed by atoms with Crippen LogP contribution in [0.4, 0.5) is 5.69 Å². The number of nitrogen functional groups attached to an aromatic ring is 1. The highest BCUT2D eigenvalue weighted by Crippen LogP contribution is 2.24. The van der Waals surface area contributed by atoms with Crippen molar-refractivity contribution >= 4 is 39.7 Å². The van der Waals surface area contributed by atoms with E-state index in [1.54, 1.807) is 30.5 Å². The second kappa shape index (κ2) is 5.69. The molecule has 0 saturated carbocycles. The summed E-state index contributed by atoms with van der Waals surface area (Å²) >= 11 is 11.9. The first kappa shape index (κ1) is 13.3. The van der Waals surface area contributed by atoms with Crippen LogP contribution in [0.3, 0.4) is 0 Å². The van der Waals surface area contributed by atoms with E-state index in [2.05, 4.69) is 4.98 Å². The van der Waals surface area contributed by atoms with Gasteiger partial charge in [0.25, 0.3) is 0 Å². The monoisotopic (exact) mass is 300 g/mol. The van der Waals surface area contributed by atoms with Crippen LogP contribution in [0.25, 0.3) is 0 Å². The molecule has 0 fully saturated rings. The number of halogens is 2. The Balaban J connectivity index is 2.22. The summed E-state index contributed by atoms with van der Waals surface area (Å²) in [6.07, 6.45) is 3.15. The first-order valence-electron chi connectivity index (χ1n) is 5.09. The summed E-state index contributed by atoms with van der Waals surface area (Å²) in [5.41, 5.74) is 6.87. The lowest BCUT2D eigenvalue weighted by Gasteiger charge is -2.05. The summed E-state index contributed by atoms with van der Waals surface area (Å²) in [5, 5.41) is 0.911. The van der Waals surface area contributed by atoms with Crippen molar-refractivity contribution in [3.05, 3.63) is 52.3 Å². The van der Waals surface area contributed by atoms with Crippen molar-refractivity contribution in [2.24, 2.45) is 0 Å². The maximum Gasteiger partial charge on any atom is 0.0647 e. The molecule has 1 aromatic heterocycles. The lowest BCUT2D eigenvalue weighted by atomic mass is 10.3. The van der Waals surface area contributed by atoms with Gasteiger partial charge in [-0.05, 0) is 29.8 Å². The van der Waals surface area contributed by atoms with E-state index < -0.39 is 10.8 Å². The van der Waals surface area contributed by atoms with Crippen molar-refractivity contribution in [1.29, 1.82) is 0 Å². The molecular formula is C12H10Cl2N2OS. The number of hydrogen-bond acceptors (Lipinski definition) is 3. The van der Waals surface area contributed by atoms with E-state index in [4.69, 9.17) is 28.9 Å². The van der Waals surface area contributed by atoms with E-state index in [-0.39, 0.29) is 0 Å². The van der Waals surface area contributed by atoms with E-state index in [1.165, 1.54) is 6.20 Å². The van der Waals surface area contributed by atoms with Crippen LogP contribution in [0, 0.1) is 0 Å². The fraction of sp³-hybridized carbons (Fsp3) is 0.0833. The van der Waals surface area contributed by atoms with Crippen molar-refractivity contribution < 1.29 is 4.21 Å². The van der Waals surface area contributed by atoms with Gasteiger partial charge >= 0.3 is 0 Å². The predicted molar refractivity (Wildman–Crippen MR) is 75.2 cm³/mol. The Bertz CT molecular complexity index is 604. The summed E-state index contributed by atoms with van der Waals surface area (Å²) < 4.78 is 12.2. The van der Waals surface area contributed by atoms with Crippen molar-refractivity contribution in [3.63, 3.8) is 0 Å². The van der Waals surface area contributed by atoms with Crippen LogP contribution in [0.5, 0.6) is 0 Å². The number of hydrogen-bond donors (Lipinski definition) is 1. The first-order chi connectivity index (χ1) is 8.58. The van der Waals surface area contributed by atoms with Gasteiger partial charge in [-0.2, -0.15) is 0 Å². The zero-order chi connectivity index (χ0) is 13.1. The van der Waals surface area contributed by atoms with Gasteiger partial charge in [-0.25, -0.2) is 0 Å². The van der Waals surface area contributed by atoms with Crippen LogP contribution in [0.15, 0.2) is 41.6 Å². The largest absolute Gasteiger partial charge is 0.398 e. The molecule has 0 radical (unpaired) electrons. The van der Waals surface area contributed by atoms with Gasteiger partial charge in [0.2, 0.25) is 0 Å². The average molecular weight is 301 g/mol. The fourth-order valence-corrected chi connectivity index (χ4v) is 3.08. The summed E-state index contributed by atoms with van der Waals surface area (Å²) in [6, 6.07) is 6.71. The van der Waals surface area contributed by atoms with Gasteiger partial charge in [0.1, 0.15) is 0 Å². The molecule has 0 aliphatic heterocycles. The molecule has 0 amide bonds. The Kier molecular flexibility index (Phi) is 4.22. The van der Waals surface area contributed by atoms with E-state index in [0.717, 1.165) is 5.56 Å². The molecule has 1 heterocycles. The third-order valence-corrected chi connectivity index (χ3v) is 4.40. The van der Waals surface area contributed by atoms with Crippen LogP contribution < -0.4 is 5.73 Å². The summed E-state index contributed by atoms with van der Waals surface area (Å²) in [5.74, 6) is 0.321. The van der Waals surface area contributed by atoms with Crippen LogP contribution in [0.2, 0.25) is 10.0 Å². The van der Waals surface area contributed by atoms with Crippen LogP contribution in [-0.2, 0) is 16.6 Å². The zero-order valence-electron chi connectivity index (χ0n) is 9.27. The third-order valence-electron chi connectivity index (χ3n) is 2.38. The molecule has 0 saturated heterocycles. The molecule has 2 aromatic rings. The van der Waals surface area contributed by atoms with Crippen LogP contribution in [-0.4, -0.2) is 9.19 Å². The second-order valence-electron chi connectivity index (χ2n) is 3.64. The number of rotatable bonds is 3. The molecule has 0 aliphatic carbocycles. The molecule has 3 nitrogen and oxygen atoms in total. The highest BCUT2D eigenvalue weighted by atomic mass is 35.5. The minimum Gasteiger partial charge on any atom is -0.398 e. The Labute approximate surface area is 117 Å². The molecule has 2 N–H and O–H groups in total. The smallest absolute Gasteiger partial charge is 0.0647 e. The minimum absolute atomic E-state index is 0.321. The van der Waals surface area contributed by atoms with Crippen LogP contribution >= 0.6 is 23.2 Å². The number of anilines is 1. The fourth-order valence-electron chi connectivity index (χ4n) is 1.40. The zero-order valence-corrected chi connectivity index (χ0v) is 11.6.